The van der Waals surface area contributed by atoms with Crippen molar-refractivity contribution in [3.63, 3.8) is 0 Å². The molecule has 0 bridgehead atoms. The summed E-state index contributed by atoms with van der Waals surface area (Å²) in [6, 6.07) is 15.1. The van der Waals surface area contributed by atoms with Gasteiger partial charge in [-0.05, 0) is 36.1 Å². The van der Waals surface area contributed by atoms with Gasteiger partial charge in [0.05, 0.1) is 6.61 Å². The fraction of sp³-hybridized carbons (Fsp3) is 0.316. The smallest absolute Gasteiger partial charge is 0.191 e. The van der Waals surface area contributed by atoms with Crippen molar-refractivity contribution in [3.05, 3.63) is 71.0 Å². The van der Waals surface area contributed by atoms with Gasteiger partial charge in [-0.25, -0.2) is 4.39 Å². The molecule has 2 rings (SSSR count). The molecule has 0 amide bonds. The van der Waals surface area contributed by atoms with Crippen LogP contribution in [0.5, 0.6) is 0 Å². The normalized spacial score (nSPS) is 11.4. The minimum atomic E-state index is -0.385. The average molecular weight is 329 g/mol. The summed E-state index contributed by atoms with van der Waals surface area (Å²) < 4.78 is 13.4. The topological polar surface area (TPSA) is 56.7 Å². The highest BCUT2D eigenvalue weighted by atomic mass is 19.1. The maximum atomic E-state index is 13.4. The summed E-state index contributed by atoms with van der Waals surface area (Å²) in [7, 11) is 1.72. The van der Waals surface area contributed by atoms with Gasteiger partial charge in [-0.2, -0.15) is 0 Å². The van der Waals surface area contributed by atoms with Crippen LogP contribution in [0.3, 0.4) is 0 Å². The third-order valence-corrected chi connectivity index (χ3v) is 3.74. The number of hydrogen-bond donors (Lipinski definition) is 3. The van der Waals surface area contributed by atoms with E-state index in [1.54, 1.807) is 19.2 Å². The molecule has 3 N–H and O–H groups in total. The van der Waals surface area contributed by atoms with Gasteiger partial charge in [0, 0.05) is 25.7 Å². The fourth-order valence-electron chi connectivity index (χ4n) is 2.41. The Bertz CT molecular complexity index is 659. The van der Waals surface area contributed by atoms with Crippen molar-refractivity contribution in [2.24, 2.45) is 4.99 Å². The zero-order chi connectivity index (χ0) is 17.2. The van der Waals surface area contributed by atoms with E-state index in [0.717, 1.165) is 24.9 Å². The summed E-state index contributed by atoms with van der Waals surface area (Å²) in [4.78, 5) is 4.18. The molecule has 2 aromatic rings. The molecular weight excluding hydrogens is 305 g/mol. The van der Waals surface area contributed by atoms with Crippen LogP contribution in [0.4, 0.5) is 4.39 Å². The molecule has 0 saturated heterocycles. The number of benzene rings is 2. The van der Waals surface area contributed by atoms with Crippen LogP contribution in [-0.4, -0.2) is 24.7 Å². The Balaban J connectivity index is 1.74. The van der Waals surface area contributed by atoms with Crippen LogP contribution in [0, 0.1) is 5.82 Å². The lowest BCUT2D eigenvalue weighted by Gasteiger charge is -2.12. The second-order valence-electron chi connectivity index (χ2n) is 5.53. The Labute approximate surface area is 142 Å². The van der Waals surface area contributed by atoms with E-state index in [-0.39, 0.29) is 12.4 Å². The number of rotatable bonds is 7. The second-order valence-corrected chi connectivity index (χ2v) is 5.53. The number of guanidine groups is 1. The summed E-state index contributed by atoms with van der Waals surface area (Å²) in [6.45, 7) is 1.04. The third kappa shape index (κ3) is 5.66. The Morgan fingerprint density at radius 3 is 2.58 bits per heavy atom. The van der Waals surface area contributed by atoms with Gasteiger partial charge in [-0.15, -0.1) is 0 Å². The first-order chi connectivity index (χ1) is 11.7. The molecule has 0 atom stereocenters. The van der Waals surface area contributed by atoms with Gasteiger partial charge >= 0.3 is 0 Å². The molecule has 0 heterocycles. The zero-order valence-corrected chi connectivity index (χ0v) is 13.9. The maximum absolute atomic E-state index is 13.4. The number of hydrogen-bond acceptors (Lipinski definition) is 2. The molecule has 0 aromatic heterocycles. The van der Waals surface area contributed by atoms with Crippen LogP contribution < -0.4 is 10.6 Å². The van der Waals surface area contributed by atoms with Crippen molar-refractivity contribution in [1.82, 2.24) is 10.6 Å². The third-order valence-electron chi connectivity index (χ3n) is 3.74. The van der Waals surface area contributed by atoms with Gasteiger partial charge in [-0.1, -0.05) is 36.4 Å². The predicted molar refractivity (Wildman–Crippen MR) is 95.3 cm³/mol. The molecule has 128 valence electrons. The van der Waals surface area contributed by atoms with E-state index in [9.17, 15) is 4.39 Å². The van der Waals surface area contributed by atoms with E-state index in [1.165, 1.54) is 11.6 Å². The number of nitrogens with zero attached hydrogens (tertiary/aromatic N) is 1. The molecule has 2 aromatic carbocycles. The minimum Gasteiger partial charge on any atom is -0.392 e. The Morgan fingerprint density at radius 1 is 1.08 bits per heavy atom. The number of aliphatic imine (C=N–C) groups is 1. The summed E-state index contributed by atoms with van der Waals surface area (Å²) in [5.41, 5.74) is 2.53. The van der Waals surface area contributed by atoms with Crippen LogP contribution in [0.2, 0.25) is 0 Å². The van der Waals surface area contributed by atoms with Crippen molar-refractivity contribution >= 4 is 5.96 Å². The molecule has 0 saturated carbocycles. The van der Waals surface area contributed by atoms with Crippen LogP contribution in [0.25, 0.3) is 0 Å². The lowest BCUT2D eigenvalue weighted by Crippen LogP contribution is -2.37. The van der Waals surface area contributed by atoms with E-state index >= 15 is 0 Å². The standard InChI is InChI=1S/C19H24FN3O/c1-21-19(22-11-5-8-15-6-3-2-4-7-15)23-13-16-9-10-18(20)17(12-16)14-24/h2-4,6-7,9-10,12,24H,5,8,11,13-14H2,1H3,(H2,21,22,23). The molecule has 0 aliphatic rings. The highest BCUT2D eigenvalue weighted by molar-refractivity contribution is 5.79. The molecule has 0 spiro atoms. The van der Waals surface area contributed by atoms with Crippen LogP contribution in [0.15, 0.2) is 53.5 Å². The summed E-state index contributed by atoms with van der Waals surface area (Å²) in [5.74, 6) is 0.322. The van der Waals surface area contributed by atoms with Crippen molar-refractivity contribution in [2.75, 3.05) is 13.6 Å². The zero-order valence-electron chi connectivity index (χ0n) is 13.9. The highest BCUT2D eigenvalue weighted by Crippen LogP contribution is 2.10. The van der Waals surface area contributed by atoms with E-state index in [0.29, 0.717) is 18.1 Å². The van der Waals surface area contributed by atoms with Crippen LogP contribution in [-0.2, 0) is 19.6 Å². The molecular formula is C19H24FN3O. The van der Waals surface area contributed by atoms with Gasteiger partial charge < -0.3 is 15.7 Å². The van der Waals surface area contributed by atoms with Crippen molar-refractivity contribution in [1.29, 1.82) is 0 Å². The summed E-state index contributed by atoms with van der Waals surface area (Å²) >= 11 is 0. The number of aryl methyl sites for hydroxylation is 1. The molecule has 0 radical (unpaired) electrons. The first-order valence-corrected chi connectivity index (χ1v) is 8.09. The van der Waals surface area contributed by atoms with Gasteiger partial charge in [0.1, 0.15) is 5.82 Å². The average Bonchev–Trinajstić information content (AvgIpc) is 2.63. The largest absolute Gasteiger partial charge is 0.392 e. The monoisotopic (exact) mass is 329 g/mol. The molecule has 5 heteroatoms. The van der Waals surface area contributed by atoms with Crippen molar-refractivity contribution in [2.45, 2.75) is 26.0 Å². The molecule has 0 fully saturated rings. The Hall–Kier alpha value is -2.40. The first kappa shape index (κ1) is 17.9. The molecule has 0 aliphatic carbocycles. The number of nitrogens with one attached hydrogen (secondary N) is 2. The van der Waals surface area contributed by atoms with Crippen LogP contribution in [0.1, 0.15) is 23.1 Å². The van der Waals surface area contributed by atoms with E-state index < -0.39 is 0 Å². The molecule has 0 unspecified atom stereocenters. The Kier molecular flexibility index (Phi) is 7.23. The van der Waals surface area contributed by atoms with E-state index in [1.807, 2.05) is 18.2 Å². The lowest BCUT2D eigenvalue weighted by molar-refractivity contribution is 0.275. The van der Waals surface area contributed by atoms with Crippen molar-refractivity contribution < 1.29 is 9.50 Å². The van der Waals surface area contributed by atoms with Crippen LogP contribution >= 0.6 is 0 Å². The van der Waals surface area contributed by atoms with E-state index in [2.05, 4.69) is 27.8 Å². The summed E-state index contributed by atoms with van der Waals surface area (Å²) in [5, 5.41) is 15.6. The highest BCUT2D eigenvalue weighted by Gasteiger charge is 2.03. The molecule has 24 heavy (non-hydrogen) atoms. The van der Waals surface area contributed by atoms with Gasteiger partial charge in [0.25, 0.3) is 0 Å². The molecule has 0 aliphatic heterocycles. The van der Waals surface area contributed by atoms with E-state index in [4.69, 9.17) is 5.11 Å². The minimum absolute atomic E-state index is 0.299. The fourth-order valence-corrected chi connectivity index (χ4v) is 2.41. The van der Waals surface area contributed by atoms with Gasteiger partial charge in [0.15, 0.2) is 5.96 Å². The Morgan fingerprint density at radius 2 is 1.88 bits per heavy atom. The molecule has 4 nitrogen and oxygen atoms in total. The maximum Gasteiger partial charge on any atom is 0.191 e. The second kappa shape index (κ2) is 9.67. The SMILES string of the molecule is CN=C(NCCCc1ccccc1)NCc1ccc(F)c(CO)c1. The lowest BCUT2D eigenvalue weighted by atomic mass is 10.1. The first-order valence-electron chi connectivity index (χ1n) is 8.09. The van der Waals surface area contributed by atoms with Gasteiger partial charge in [0.2, 0.25) is 0 Å². The number of halogens is 1. The number of aliphatic hydroxyl groups is 1. The summed E-state index contributed by atoms with van der Waals surface area (Å²) in [6.07, 6.45) is 2.03. The predicted octanol–water partition coefficient (Wildman–Crippen LogP) is 2.62. The van der Waals surface area contributed by atoms with Crippen molar-refractivity contribution in [3.8, 4) is 0 Å². The van der Waals surface area contributed by atoms with Gasteiger partial charge in [-0.3, -0.25) is 4.99 Å². The quantitative estimate of drug-likeness (QED) is 0.416. The number of aliphatic hydroxyl groups excluding tert-OH is 1.